The van der Waals surface area contributed by atoms with E-state index >= 15 is 0 Å². The van der Waals surface area contributed by atoms with Crippen LogP contribution < -0.4 is 4.72 Å². The number of nitrogens with zero attached hydrogens (tertiary/aromatic N) is 3. The maximum absolute atomic E-state index is 12.2. The monoisotopic (exact) mass is 303 g/mol. The Hall–Kier alpha value is -2.61. The lowest BCUT2D eigenvalue weighted by Gasteiger charge is -2.11. The molecule has 7 nitrogen and oxygen atoms in total. The number of benzene rings is 1. The van der Waals surface area contributed by atoms with Crippen molar-refractivity contribution in [1.29, 1.82) is 0 Å². The first kappa shape index (κ1) is 13.4. The zero-order chi connectivity index (χ0) is 14.7. The van der Waals surface area contributed by atoms with Crippen LogP contribution in [0.1, 0.15) is 5.56 Å². The Balaban J connectivity index is 1.89. The molecule has 0 aliphatic rings. The number of sulfonamides is 1. The molecule has 3 rings (SSSR count). The van der Waals surface area contributed by atoms with Crippen LogP contribution in [0.5, 0.6) is 0 Å². The van der Waals surface area contributed by atoms with Gasteiger partial charge in [0.25, 0.3) is 10.0 Å². The molecule has 2 heterocycles. The number of anilines is 1. The topological polar surface area (TPSA) is 92.7 Å². The summed E-state index contributed by atoms with van der Waals surface area (Å²) >= 11 is 0. The summed E-state index contributed by atoms with van der Waals surface area (Å²) in [5.41, 5.74) is 1.34. The van der Waals surface area contributed by atoms with E-state index in [1.807, 2.05) is 24.4 Å². The standard InChI is InChI=1S/C13H13N5O2S/c19-21(20,13-8-14-10-15-13)17-12-5-2-1-4-11(12)9-18-7-3-6-16-18/h1-8,10,17H,9H2,(H,14,15). The van der Waals surface area contributed by atoms with Gasteiger partial charge in [0.1, 0.15) is 0 Å². The van der Waals surface area contributed by atoms with E-state index in [-0.39, 0.29) is 5.03 Å². The predicted molar refractivity (Wildman–Crippen MR) is 77.2 cm³/mol. The number of hydrogen-bond donors (Lipinski definition) is 2. The third-order valence-corrected chi connectivity index (χ3v) is 4.21. The molecule has 0 aliphatic carbocycles. The molecule has 3 aromatic rings. The van der Waals surface area contributed by atoms with Crippen LogP contribution in [0, 0.1) is 0 Å². The summed E-state index contributed by atoms with van der Waals surface area (Å²) in [6, 6.07) is 9.01. The second-order valence-corrected chi connectivity index (χ2v) is 6.03. The number of rotatable bonds is 5. The van der Waals surface area contributed by atoms with Gasteiger partial charge in [-0.3, -0.25) is 9.40 Å². The largest absolute Gasteiger partial charge is 0.334 e. The van der Waals surface area contributed by atoms with Crippen LogP contribution in [0.25, 0.3) is 0 Å². The molecule has 0 amide bonds. The fourth-order valence-corrected chi connectivity index (χ4v) is 2.92. The first-order chi connectivity index (χ1) is 10.1. The first-order valence-electron chi connectivity index (χ1n) is 6.22. The molecule has 0 fully saturated rings. The van der Waals surface area contributed by atoms with Gasteiger partial charge in [-0.05, 0) is 17.7 Å². The molecule has 8 heteroatoms. The van der Waals surface area contributed by atoms with E-state index in [0.29, 0.717) is 12.2 Å². The summed E-state index contributed by atoms with van der Waals surface area (Å²) in [5, 5.41) is 4.15. The average molecular weight is 303 g/mol. The van der Waals surface area contributed by atoms with Crippen molar-refractivity contribution in [2.24, 2.45) is 0 Å². The number of nitrogens with one attached hydrogen (secondary N) is 2. The lowest BCUT2D eigenvalue weighted by molar-refractivity contribution is 0.598. The minimum Gasteiger partial charge on any atom is -0.334 e. The average Bonchev–Trinajstić information content (AvgIpc) is 3.13. The number of aromatic amines is 1. The fraction of sp³-hybridized carbons (Fsp3) is 0.0769. The van der Waals surface area contributed by atoms with Crippen molar-refractivity contribution in [2.75, 3.05) is 4.72 Å². The maximum Gasteiger partial charge on any atom is 0.278 e. The molecule has 0 saturated heterocycles. The van der Waals surface area contributed by atoms with E-state index < -0.39 is 10.0 Å². The van der Waals surface area contributed by atoms with Crippen LogP contribution >= 0.6 is 0 Å². The molecule has 0 atom stereocenters. The number of imidazole rings is 1. The van der Waals surface area contributed by atoms with E-state index in [1.54, 1.807) is 23.0 Å². The molecular weight excluding hydrogens is 290 g/mol. The molecule has 0 unspecified atom stereocenters. The molecular formula is C13H13N5O2S. The second-order valence-electron chi connectivity index (χ2n) is 4.38. The predicted octanol–water partition coefficient (Wildman–Crippen LogP) is 1.46. The molecule has 2 aromatic heterocycles. The second kappa shape index (κ2) is 5.41. The van der Waals surface area contributed by atoms with Crippen LogP contribution in [0.3, 0.4) is 0 Å². The molecule has 0 bridgehead atoms. The fourth-order valence-electron chi connectivity index (χ4n) is 1.92. The van der Waals surface area contributed by atoms with Gasteiger partial charge in [0.15, 0.2) is 5.03 Å². The van der Waals surface area contributed by atoms with Crippen molar-refractivity contribution >= 4 is 15.7 Å². The Bertz CT molecular complexity index is 810. The van der Waals surface area contributed by atoms with Crippen molar-refractivity contribution in [3.63, 3.8) is 0 Å². The van der Waals surface area contributed by atoms with Gasteiger partial charge in [-0.1, -0.05) is 18.2 Å². The van der Waals surface area contributed by atoms with E-state index in [4.69, 9.17) is 0 Å². The summed E-state index contributed by atoms with van der Waals surface area (Å²) in [7, 11) is -3.67. The molecule has 1 aromatic carbocycles. The quantitative estimate of drug-likeness (QED) is 0.746. The maximum atomic E-state index is 12.2. The Morgan fingerprint density at radius 2 is 2.10 bits per heavy atom. The van der Waals surface area contributed by atoms with Gasteiger partial charge in [0.05, 0.1) is 24.8 Å². The summed E-state index contributed by atoms with van der Waals surface area (Å²) in [4.78, 5) is 6.31. The number of para-hydroxylation sites is 1. The third kappa shape index (κ3) is 2.95. The molecule has 0 aliphatic heterocycles. The van der Waals surface area contributed by atoms with E-state index in [9.17, 15) is 8.42 Å². The van der Waals surface area contributed by atoms with Crippen molar-refractivity contribution < 1.29 is 8.42 Å². The Morgan fingerprint density at radius 3 is 2.81 bits per heavy atom. The lowest BCUT2D eigenvalue weighted by atomic mass is 10.2. The van der Waals surface area contributed by atoms with Gasteiger partial charge < -0.3 is 4.98 Å². The van der Waals surface area contributed by atoms with Crippen LogP contribution in [0.2, 0.25) is 0 Å². The highest BCUT2D eigenvalue weighted by molar-refractivity contribution is 7.92. The zero-order valence-corrected chi connectivity index (χ0v) is 11.8. The lowest BCUT2D eigenvalue weighted by Crippen LogP contribution is -2.15. The highest BCUT2D eigenvalue weighted by atomic mass is 32.2. The summed E-state index contributed by atoms with van der Waals surface area (Å²) in [5.74, 6) is 0. The third-order valence-electron chi connectivity index (χ3n) is 2.92. The van der Waals surface area contributed by atoms with Gasteiger partial charge in [0.2, 0.25) is 0 Å². The minimum absolute atomic E-state index is 0.0244. The zero-order valence-electron chi connectivity index (χ0n) is 11.0. The Labute approximate surface area is 121 Å². The van der Waals surface area contributed by atoms with Gasteiger partial charge in [-0.25, -0.2) is 4.98 Å². The highest BCUT2D eigenvalue weighted by Crippen LogP contribution is 2.19. The molecule has 0 radical (unpaired) electrons. The highest BCUT2D eigenvalue weighted by Gasteiger charge is 2.17. The molecule has 0 spiro atoms. The van der Waals surface area contributed by atoms with E-state index in [0.717, 1.165) is 5.56 Å². The molecule has 2 N–H and O–H groups in total. The SMILES string of the molecule is O=S(=O)(Nc1ccccc1Cn1cccn1)c1cnc[nH]1. The molecule has 0 saturated carbocycles. The van der Waals surface area contributed by atoms with Crippen LogP contribution in [0.15, 0.2) is 60.3 Å². The smallest absolute Gasteiger partial charge is 0.278 e. The van der Waals surface area contributed by atoms with Gasteiger partial charge in [0, 0.05) is 12.4 Å². The van der Waals surface area contributed by atoms with E-state index in [1.165, 1.54) is 12.5 Å². The van der Waals surface area contributed by atoms with Crippen molar-refractivity contribution in [1.82, 2.24) is 19.7 Å². The Morgan fingerprint density at radius 1 is 1.24 bits per heavy atom. The Kier molecular flexibility index (Phi) is 3.44. The van der Waals surface area contributed by atoms with E-state index in [2.05, 4.69) is 19.8 Å². The summed E-state index contributed by atoms with van der Waals surface area (Å²) in [6.45, 7) is 0.481. The summed E-state index contributed by atoms with van der Waals surface area (Å²) in [6.07, 6.45) is 6.08. The van der Waals surface area contributed by atoms with Gasteiger partial charge >= 0.3 is 0 Å². The van der Waals surface area contributed by atoms with Crippen LogP contribution in [0.4, 0.5) is 5.69 Å². The number of hydrogen-bond acceptors (Lipinski definition) is 4. The number of H-pyrrole nitrogens is 1. The molecule has 21 heavy (non-hydrogen) atoms. The summed E-state index contributed by atoms with van der Waals surface area (Å²) < 4.78 is 28.7. The minimum atomic E-state index is -3.67. The van der Waals surface area contributed by atoms with Crippen molar-refractivity contribution in [3.8, 4) is 0 Å². The van der Waals surface area contributed by atoms with Crippen LogP contribution in [-0.2, 0) is 16.6 Å². The van der Waals surface area contributed by atoms with Gasteiger partial charge in [-0.15, -0.1) is 0 Å². The van der Waals surface area contributed by atoms with Crippen LogP contribution in [-0.4, -0.2) is 28.2 Å². The molecule has 108 valence electrons. The van der Waals surface area contributed by atoms with Crippen molar-refractivity contribution in [3.05, 3.63) is 60.8 Å². The van der Waals surface area contributed by atoms with Gasteiger partial charge in [-0.2, -0.15) is 13.5 Å². The normalized spacial score (nSPS) is 11.4. The van der Waals surface area contributed by atoms with Crippen molar-refractivity contribution in [2.45, 2.75) is 11.6 Å². The number of aromatic nitrogens is 4. The first-order valence-corrected chi connectivity index (χ1v) is 7.70.